The van der Waals surface area contributed by atoms with Crippen LogP contribution < -0.4 is 5.32 Å². The molecular weight excluding hydrogens is 261 g/mol. The van der Waals surface area contributed by atoms with Gasteiger partial charge in [-0.25, -0.2) is 0 Å². The van der Waals surface area contributed by atoms with Crippen molar-refractivity contribution in [2.75, 3.05) is 6.54 Å². The maximum absolute atomic E-state index is 5.99. The molecule has 0 saturated carbocycles. The summed E-state index contributed by atoms with van der Waals surface area (Å²) >= 11 is 9.55. The summed E-state index contributed by atoms with van der Waals surface area (Å²) in [6, 6.07) is 6.46. The van der Waals surface area contributed by atoms with E-state index in [2.05, 4.69) is 27.3 Å². The molecule has 1 aromatic carbocycles. The van der Waals surface area contributed by atoms with Crippen LogP contribution in [-0.4, -0.2) is 6.54 Å². The van der Waals surface area contributed by atoms with Crippen LogP contribution in [0.3, 0.4) is 0 Å². The Balaban J connectivity index is 2.24. The lowest BCUT2D eigenvalue weighted by Gasteiger charge is -2.24. The van der Waals surface area contributed by atoms with E-state index in [0.717, 1.165) is 16.0 Å². The first kappa shape index (κ1) is 10.5. The average molecular weight is 275 g/mol. The Bertz CT molecular complexity index is 321. The molecular formula is C11H13BrClN. The zero-order chi connectivity index (χ0) is 9.97. The van der Waals surface area contributed by atoms with Gasteiger partial charge in [0, 0.05) is 15.5 Å². The maximum Gasteiger partial charge on any atom is 0.0410 e. The third kappa shape index (κ3) is 2.30. The average Bonchev–Trinajstić information content (AvgIpc) is 2.23. The molecule has 1 aromatic rings. The molecule has 1 saturated heterocycles. The molecule has 1 atom stereocenters. The van der Waals surface area contributed by atoms with Crippen LogP contribution in [0.15, 0.2) is 22.7 Å². The summed E-state index contributed by atoms with van der Waals surface area (Å²) in [4.78, 5) is 0. The normalized spacial score (nSPS) is 22.3. The van der Waals surface area contributed by atoms with E-state index in [4.69, 9.17) is 11.6 Å². The third-order valence-corrected chi connectivity index (χ3v) is 3.60. The standard InChI is InChI=1S/C11H13BrClN/c12-10-5-4-8(13)7-9(10)11-3-1-2-6-14-11/h4-5,7,11,14H,1-3,6H2/t11-/m1/s1. The van der Waals surface area contributed by atoms with Crippen molar-refractivity contribution in [2.24, 2.45) is 0 Å². The molecule has 0 amide bonds. The van der Waals surface area contributed by atoms with Crippen LogP contribution in [0.1, 0.15) is 30.9 Å². The van der Waals surface area contributed by atoms with E-state index in [0.29, 0.717) is 6.04 Å². The highest BCUT2D eigenvalue weighted by Crippen LogP contribution is 2.31. The molecule has 0 aliphatic carbocycles. The number of nitrogens with one attached hydrogen (secondary N) is 1. The predicted molar refractivity (Wildman–Crippen MR) is 63.7 cm³/mol. The number of halogens is 2. The van der Waals surface area contributed by atoms with Gasteiger partial charge in [-0.2, -0.15) is 0 Å². The molecule has 0 radical (unpaired) electrons. The van der Waals surface area contributed by atoms with E-state index in [1.807, 2.05) is 12.1 Å². The van der Waals surface area contributed by atoms with Crippen LogP contribution in [0.5, 0.6) is 0 Å². The van der Waals surface area contributed by atoms with Gasteiger partial charge in [-0.3, -0.25) is 0 Å². The van der Waals surface area contributed by atoms with Crippen molar-refractivity contribution in [3.8, 4) is 0 Å². The summed E-state index contributed by atoms with van der Waals surface area (Å²) < 4.78 is 1.15. The minimum atomic E-state index is 0.469. The van der Waals surface area contributed by atoms with Gasteiger partial charge in [0.05, 0.1) is 0 Å². The summed E-state index contributed by atoms with van der Waals surface area (Å²) in [6.45, 7) is 1.11. The Labute approximate surface area is 98.0 Å². The van der Waals surface area contributed by atoms with Gasteiger partial charge in [-0.15, -0.1) is 0 Å². The summed E-state index contributed by atoms with van der Waals surface area (Å²) in [5.74, 6) is 0. The number of benzene rings is 1. The molecule has 76 valence electrons. The van der Waals surface area contributed by atoms with Crippen LogP contribution in [0.25, 0.3) is 0 Å². The minimum absolute atomic E-state index is 0.469. The van der Waals surface area contributed by atoms with Crippen molar-refractivity contribution in [3.63, 3.8) is 0 Å². The molecule has 1 aliphatic heterocycles. The Kier molecular flexibility index (Phi) is 3.47. The Hall–Kier alpha value is -0.0500. The SMILES string of the molecule is Clc1ccc(Br)c([C@H]2CCCCN2)c1. The van der Waals surface area contributed by atoms with E-state index in [9.17, 15) is 0 Å². The second-order valence-corrected chi connectivity index (χ2v) is 4.96. The minimum Gasteiger partial charge on any atom is -0.310 e. The van der Waals surface area contributed by atoms with Crippen LogP contribution >= 0.6 is 27.5 Å². The van der Waals surface area contributed by atoms with Gasteiger partial charge in [0.25, 0.3) is 0 Å². The quantitative estimate of drug-likeness (QED) is 0.818. The van der Waals surface area contributed by atoms with E-state index in [1.54, 1.807) is 0 Å². The highest BCUT2D eigenvalue weighted by Gasteiger charge is 2.16. The highest BCUT2D eigenvalue weighted by atomic mass is 79.9. The van der Waals surface area contributed by atoms with Gasteiger partial charge < -0.3 is 5.32 Å². The van der Waals surface area contributed by atoms with Crippen molar-refractivity contribution >= 4 is 27.5 Å². The summed E-state index contributed by atoms with van der Waals surface area (Å²) in [5.41, 5.74) is 1.29. The largest absolute Gasteiger partial charge is 0.310 e. The number of rotatable bonds is 1. The molecule has 0 aromatic heterocycles. The fourth-order valence-corrected chi connectivity index (χ4v) is 2.60. The predicted octanol–water partition coefficient (Wildman–Crippen LogP) is 3.92. The maximum atomic E-state index is 5.99. The Morgan fingerprint density at radius 1 is 1.36 bits per heavy atom. The van der Waals surface area contributed by atoms with E-state index >= 15 is 0 Å². The molecule has 3 heteroatoms. The van der Waals surface area contributed by atoms with Crippen molar-refractivity contribution in [1.29, 1.82) is 0 Å². The molecule has 0 spiro atoms. The van der Waals surface area contributed by atoms with Crippen molar-refractivity contribution in [2.45, 2.75) is 25.3 Å². The van der Waals surface area contributed by atoms with Crippen LogP contribution in [0.4, 0.5) is 0 Å². The van der Waals surface area contributed by atoms with E-state index in [-0.39, 0.29) is 0 Å². The third-order valence-electron chi connectivity index (χ3n) is 2.64. The van der Waals surface area contributed by atoms with Gasteiger partial charge in [-0.05, 0) is 43.1 Å². The zero-order valence-electron chi connectivity index (χ0n) is 7.89. The topological polar surface area (TPSA) is 12.0 Å². The van der Waals surface area contributed by atoms with Crippen LogP contribution in [-0.2, 0) is 0 Å². The number of hydrogen-bond donors (Lipinski definition) is 1. The molecule has 1 heterocycles. The second-order valence-electron chi connectivity index (χ2n) is 3.67. The molecule has 1 nitrogen and oxygen atoms in total. The molecule has 2 rings (SSSR count). The highest BCUT2D eigenvalue weighted by molar-refractivity contribution is 9.10. The lowest BCUT2D eigenvalue weighted by atomic mass is 9.98. The first-order valence-corrected chi connectivity index (χ1v) is 6.13. The van der Waals surface area contributed by atoms with Gasteiger partial charge in [0.2, 0.25) is 0 Å². The van der Waals surface area contributed by atoms with Gasteiger partial charge in [0.15, 0.2) is 0 Å². The van der Waals surface area contributed by atoms with Gasteiger partial charge in [-0.1, -0.05) is 34.0 Å². The smallest absolute Gasteiger partial charge is 0.0410 e. The molecule has 0 bridgehead atoms. The Morgan fingerprint density at radius 3 is 2.93 bits per heavy atom. The zero-order valence-corrected chi connectivity index (χ0v) is 10.2. The van der Waals surface area contributed by atoms with Crippen LogP contribution in [0, 0.1) is 0 Å². The van der Waals surface area contributed by atoms with Crippen molar-refractivity contribution in [3.05, 3.63) is 33.3 Å². The van der Waals surface area contributed by atoms with Crippen molar-refractivity contribution < 1.29 is 0 Å². The lowest BCUT2D eigenvalue weighted by Crippen LogP contribution is -2.26. The number of piperidine rings is 1. The molecule has 14 heavy (non-hydrogen) atoms. The van der Waals surface area contributed by atoms with E-state index in [1.165, 1.54) is 24.8 Å². The summed E-state index contributed by atoms with van der Waals surface area (Å²) in [5, 5.41) is 4.33. The van der Waals surface area contributed by atoms with E-state index < -0.39 is 0 Å². The molecule has 1 fully saturated rings. The van der Waals surface area contributed by atoms with Crippen LogP contribution in [0.2, 0.25) is 5.02 Å². The van der Waals surface area contributed by atoms with Crippen molar-refractivity contribution in [1.82, 2.24) is 5.32 Å². The number of hydrogen-bond acceptors (Lipinski definition) is 1. The fourth-order valence-electron chi connectivity index (χ4n) is 1.90. The molecule has 0 unspecified atom stereocenters. The first-order valence-electron chi connectivity index (χ1n) is 4.96. The second kappa shape index (κ2) is 4.65. The lowest BCUT2D eigenvalue weighted by molar-refractivity contribution is 0.411. The molecule has 1 N–H and O–H groups in total. The summed E-state index contributed by atoms with van der Waals surface area (Å²) in [6.07, 6.45) is 3.80. The fraction of sp³-hybridized carbons (Fsp3) is 0.455. The van der Waals surface area contributed by atoms with Gasteiger partial charge in [0.1, 0.15) is 0 Å². The van der Waals surface area contributed by atoms with Gasteiger partial charge >= 0.3 is 0 Å². The molecule has 1 aliphatic rings. The summed E-state index contributed by atoms with van der Waals surface area (Å²) in [7, 11) is 0. The Morgan fingerprint density at radius 2 is 2.21 bits per heavy atom. The monoisotopic (exact) mass is 273 g/mol. The first-order chi connectivity index (χ1) is 6.77.